The van der Waals surface area contributed by atoms with Crippen LogP contribution in [-0.4, -0.2) is 23.2 Å². The molecule has 0 saturated heterocycles. The molecule has 0 N–H and O–H groups in total. The molecule has 0 bridgehead atoms. The zero-order valence-corrected chi connectivity index (χ0v) is 13.1. The number of halogens is 1. The van der Waals surface area contributed by atoms with Crippen LogP contribution in [-0.2, 0) is 11.2 Å². The Kier molecular flexibility index (Phi) is 4.25. The lowest BCUT2D eigenvalue weighted by molar-refractivity contribution is -0.119. The molecule has 3 rings (SSSR count). The van der Waals surface area contributed by atoms with Crippen molar-refractivity contribution in [3.63, 3.8) is 0 Å². The molecule has 2 aromatic rings. The third kappa shape index (κ3) is 3.20. The van der Waals surface area contributed by atoms with Crippen LogP contribution in [0.3, 0.4) is 0 Å². The summed E-state index contributed by atoms with van der Waals surface area (Å²) in [4.78, 5) is 11.3. The highest BCUT2D eigenvalue weighted by atomic mass is 35.5. The molecule has 0 saturated carbocycles. The van der Waals surface area contributed by atoms with Gasteiger partial charge in [0.2, 0.25) is 6.41 Å². The molecule has 112 valence electrons. The zero-order chi connectivity index (χ0) is 15.5. The summed E-state index contributed by atoms with van der Waals surface area (Å²) in [5.74, 6) is 0. The largest absolute Gasteiger partial charge is 0.277 e. The topological polar surface area (TPSA) is 32.7 Å². The Morgan fingerprint density at radius 1 is 1.18 bits per heavy atom. The number of hydrogen-bond donors (Lipinski definition) is 0. The summed E-state index contributed by atoms with van der Waals surface area (Å²) in [6, 6.07) is 16.1. The highest BCUT2D eigenvalue weighted by Gasteiger charge is 2.27. The van der Waals surface area contributed by atoms with Crippen molar-refractivity contribution >= 4 is 23.7 Å². The summed E-state index contributed by atoms with van der Waals surface area (Å²) in [5.41, 5.74) is 4.40. The maximum atomic E-state index is 11.3. The first-order chi connectivity index (χ1) is 10.7. The monoisotopic (exact) mass is 312 g/mol. The molecule has 3 nitrogen and oxygen atoms in total. The van der Waals surface area contributed by atoms with E-state index in [0.29, 0.717) is 5.02 Å². The van der Waals surface area contributed by atoms with Gasteiger partial charge in [-0.15, -0.1) is 0 Å². The maximum absolute atomic E-state index is 11.3. The molecule has 0 aliphatic carbocycles. The number of aryl methyl sites for hydroxylation is 1. The smallest absolute Gasteiger partial charge is 0.230 e. The van der Waals surface area contributed by atoms with E-state index < -0.39 is 0 Å². The molecule has 1 atom stereocenters. The van der Waals surface area contributed by atoms with Crippen molar-refractivity contribution in [2.45, 2.75) is 25.8 Å². The minimum atomic E-state index is 0.0749. The third-order valence-electron chi connectivity index (χ3n) is 3.92. The van der Waals surface area contributed by atoms with Gasteiger partial charge >= 0.3 is 0 Å². The summed E-state index contributed by atoms with van der Waals surface area (Å²) < 4.78 is 0. The van der Waals surface area contributed by atoms with Crippen molar-refractivity contribution in [2.75, 3.05) is 0 Å². The van der Waals surface area contributed by atoms with Crippen molar-refractivity contribution < 1.29 is 4.79 Å². The molecular formula is C18H17ClN2O. The third-order valence-corrected chi connectivity index (χ3v) is 4.17. The predicted octanol–water partition coefficient (Wildman–Crippen LogP) is 3.83. The van der Waals surface area contributed by atoms with Gasteiger partial charge in [-0.2, -0.15) is 5.10 Å². The molecule has 0 radical (unpaired) electrons. The van der Waals surface area contributed by atoms with Crippen molar-refractivity contribution in [2.24, 2.45) is 5.10 Å². The molecule has 1 heterocycles. The van der Waals surface area contributed by atoms with Crippen LogP contribution in [0.5, 0.6) is 0 Å². The standard InChI is InChI=1S/C18H17ClN2O/c1-13-2-4-14(5-3-13)10-17-11-18(20-21(17)12-22)15-6-8-16(19)9-7-15/h2-9,12,17H,10-11H2,1H3. The Bertz CT molecular complexity index is 692. The number of nitrogens with zero attached hydrogens (tertiary/aromatic N) is 2. The van der Waals surface area contributed by atoms with Gasteiger partial charge in [0, 0.05) is 11.4 Å². The quantitative estimate of drug-likeness (QED) is 0.790. The molecule has 1 aliphatic rings. The minimum absolute atomic E-state index is 0.0749. The Morgan fingerprint density at radius 3 is 2.50 bits per heavy atom. The molecule has 1 aliphatic heterocycles. The molecule has 0 aromatic heterocycles. The number of carbonyl (C=O) groups excluding carboxylic acids is 1. The number of carbonyl (C=O) groups is 1. The molecule has 2 aromatic carbocycles. The summed E-state index contributed by atoms with van der Waals surface area (Å²) in [5, 5.41) is 6.67. The SMILES string of the molecule is Cc1ccc(CC2CC(c3ccc(Cl)cc3)=NN2C=O)cc1. The highest BCUT2D eigenvalue weighted by molar-refractivity contribution is 6.30. The fourth-order valence-corrected chi connectivity index (χ4v) is 2.79. The first kappa shape index (κ1) is 14.8. The fourth-order valence-electron chi connectivity index (χ4n) is 2.67. The molecule has 0 fully saturated rings. The van der Waals surface area contributed by atoms with Gasteiger partial charge in [0.25, 0.3) is 0 Å². The van der Waals surface area contributed by atoms with Gasteiger partial charge in [-0.25, -0.2) is 5.01 Å². The van der Waals surface area contributed by atoms with Crippen LogP contribution in [0.4, 0.5) is 0 Å². The van der Waals surface area contributed by atoms with Gasteiger partial charge in [0.05, 0.1) is 11.8 Å². The van der Waals surface area contributed by atoms with Gasteiger partial charge in [0.1, 0.15) is 0 Å². The summed E-state index contributed by atoms with van der Waals surface area (Å²) in [6.07, 6.45) is 2.37. The van der Waals surface area contributed by atoms with Crippen LogP contribution >= 0.6 is 11.6 Å². The lowest BCUT2D eigenvalue weighted by Crippen LogP contribution is -2.27. The van der Waals surface area contributed by atoms with Crippen molar-refractivity contribution in [3.8, 4) is 0 Å². The fraction of sp³-hybridized carbons (Fsp3) is 0.222. The highest BCUT2D eigenvalue weighted by Crippen LogP contribution is 2.23. The van der Waals surface area contributed by atoms with Gasteiger partial charge in [-0.1, -0.05) is 53.6 Å². The first-order valence-electron chi connectivity index (χ1n) is 7.28. The van der Waals surface area contributed by atoms with Gasteiger partial charge in [0.15, 0.2) is 0 Å². The van der Waals surface area contributed by atoms with Crippen LogP contribution in [0.1, 0.15) is 23.1 Å². The average Bonchev–Trinajstić information content (AvgIpc) is 2.93. The maximum Gasteiger partial charge on any atom is 0.230 e. The number of rotatable bonds is 4. The lowest BCUT2D eigenvalue weighted by Gasteiger charge is -2.17. The van der Waals surface area contributed by atoms with E-state index in [9.17, 15) is 4.79 Å². The van der Waals surface area contributed by atoms with E-state index in [1.807, 2.05) is 24.3 Å². The van der Waals surface area contributed by atoms with Crippen LogP contribution < -0.4 is 0 Å². The second-order valence-electron chi connectivity index (χ2n) is 5.59. The predicted molar refractivity (Wildman–Crippen MR) is 89.2 cm³/mol. The van der Waals surface area contributed by atoms with E-state index in [1.165, 1.54) is 16.1 Å². The van der Waals surface area contributed by atoms with Crippen LogP contribution in [0.15, 0.2) is 53.6 Å². The summed E-state index contributed by atoms with van der Waals surface area (Å²) >= 11 is 5.92. The molecular weight excluding hydrogens is 296 g/mol. The Morgan fingerprint density at radius 2 is 1.86 bits per heavy atom. The van der Waals surface area contributed by atoms with Crippen molar-refractivity contribution in [1.82, 2.24) is 5.01 Å². The van der Waals surface area contributed by atoms with Crippen LogP contribution in [0.2, 0.25) is 5.02 Å². The van der Waals surface area contributed by atoms with Crippen molar-refractivity contribution in [1.29, 1.82) is 0 Å². The Hall–Kier alpha value is -2.13. The van der Waals surface area contributed by atoms with E-state index in [1.54, 1.807) is 0 Å². The van der Waals surface area contributed by atoms with E-state index in [0.717, 1.165) is 30.5 Å². The molecule has 1 amide bonds. The number of amides is 1. The van der Waals surface area contributed by atoms with Crippen LogP contribution in [0, 0.1) is 6.92 Å². The van der Waals surface area contributed by atoms with E-state index in [-0.39, 0.29) is 6.04 Å². The molecule has 22 heavy (non-hydrogen) atoms. The number of benzene rings is 2. The van der Waals surface area contributed by atoms with E-state index in [4.69, 9.17) is 11.6 Å². The Balaban J connectivity index is 1.76. The minimum Gasteiger partial charge on any atom is -0.277 e. The normalized spacial score (nSPS) is 17.5. The van der Waals surface area contributed by atoms with Gasteiger partial charge in [-0.3, -0.25) is 4.79 Å². The number of hydrazone groups is 1. The second-order valence-corrected chi connectivity index (χ2v) is 6.02. The summed E-state index contributed by atoms with van der Waals surface area (Å²) in [7, 11) is 0. The lowest BCUT2D eigenvalue weighted by atomic mass is 9.98. The molecule has 1 unspecified atom stereocenters. The Labute approximate surface area is 135 Å². The van der Waals surface area contributed by atoms with E-state index >= 15 is 0 Å². The first-order valence-corrected chi connectivity index (χ1v) is 7.66. The number of hydrogen-bond acceptors (Lipinski definition) is 2. The van der Waals surface area contributed by atoms with Gasteiger partial charge < -0.3 is 0 Å². The van der Waals surface area contributed by atoms with Gasteiger partial charge in [-0.05, 0) is 36.6 Å². The zero-order valence-electron chi connectivity index (χ0n) is 12.4. The molecule has 0 spiro atoms. The molecule has 4 heteroatoms. The van der Waals surface area contributed by atoms with Crippen LogP contribution in [0.25, 0.3) is 0 Å². The van der Waals surface area contributed by atoms with E-state index in [2.05, 4.69) is 36.3 Å². The second kappa shape index (κ2) is 6.32. The average molecular weight is 313 g/mol. The van der Waals surface area contributed by atoms with Crippen molar-refractivity contribution in [3.05, 3.63) is 70.2 Å². The summed E-state index contributed by atoms with van der Waals surface area (Å²) in [6.45, 7) is 2.07.